The average molecular weight is 190 g/mol. The van der Waals surface area contributed by atoms with E-state index in [1.807, 2.05) is 0 Å². The van der Waals surface area contributed by atoms with E-state index in [2.05, 4.69) is 25.6 Å². The van der Waals surface area contributed by atoms with Crippen LogP contribution >= 0.6 is 15.9 Å². The van der Waals surface area contributed by atoms with Crippen molar-refractivity contribution in [3.63, 3.8) is 0 Å². The molecule has 0 fully saturated rings. The number of nitrogens with zero attached hydrogens (tertiary/aromatic N) is 1. The van der Waals surface area contributed by atoms with Crippen LogP contribution in [-0.2, 0) is 5.33 Å². The quantitative estimate of drug-likeness (QED) is 0.522. The zero-order valence-electron chi connectivity index (χ0n) is 4.50. The van der Waals surface area contributed by atoms with Crippen LogP contribution in [0.25, 0.3) is 0 Å². The molecule has 0 spiro atoms. The maximum absolute atomic E-state index is 9.99. The zero-order valence-corrected chi connectivity index (χ0v) is 6.09. The molecule has 9 heavy (non-hydrogen) atoms. The minimum Gasteiger partial charge on any atom is -0.353 e. The normalized spacial score (nSPS) is 9.44. The van der Waals surface area contributed by atoms with Gasteiger partial charge in [-0.2, -0.15) is 0 Å². The Kier molecular flexibility index (Phi) is 2.00. The summed E-state index contributed by atoms with van der Waals surface area (Å²) >= 11 is 3.16. The minimum atomic E-state index is 0.268. The molecular formula is C5H4BrNO2. The van der Waals surface area contributed by atoms with Crippen molar-refractivity contribution in [2.45, 2.75) is 5.33 Å². The molecule has 1 aromatic heterocycles. The maximum Gasteiger partial charge on any atom is 0.199 e. The first-order chi connectivity index (χ1) is 4.36. The number of aldehydes is 1. The lowest BCUT2D eigenvalue weighted by molar-refractivity contribution is 0.109. The molecule has 0 unspecified atom stereocenters. The summed E-state index contributed by atoms with van der Waals surface area (Å²) in [6.45, 7) is 0. The molecule has 0 aromatic carbocycles. The van der Waals surface area contributed by atoms with Crippen molar-refractivity contribution in [1.29, 1.82) is 0 Å². The number of hydrogen-bond donors (Lipinski definition) is 0. The summed E-state index contributed by atoms with van der Waals surface area (Å²) in [5.74, 6) is 0.268. The molecule has 0 N–H and O–H groups in total. The lowest BCUT2D eigenvalue weighted by Gasteiger charge is -1.73. The second-order valence-electron chi connectivity index (χ2n) is 1.47. The molecule has 0 aliphatic carbocycles. The van der Waals surface area contributed by atoms with Crippen LogP contribution in [0, 0.1) is 0 Å². The van der Waals surface area contributed by atoms with Crippen LogP contribution in [0.1, 0.15) is 16.2 Å². The Morgan fingerprint density at radius 2 is 2.67 bits per heavy atom. The number of halogens is 1. The lowest BCUT2D eigenvalue weighted by Crippen LogP contribution is -1.70. The Hall–Kier alpha value is -0.640. The van der Waals surface area contributed by atoms with E-state index in [4.69, 9.17) is 0 Å². The van der Waals surface area contributed by atoms with Crippen molar-refractivity contribution in [3.8, 4) is 0 Å². The number of rotatable bonds is 2. The summed E-state index contributed by atoms with van der Waals surface area (Å²) < 4.78 is 4.56. The summed E-state index contributed by atoms with van der Waals surface area (Å²) in [7, 11) is 0. The van der Waals surface area contributed by atoms with Gasteiger partial charge in [0.1, 0.15) is 0 Å². The first-order valence-electron chi connectivity index (χ1n) is 2.33. The highest BCUT2D eigenvalue weighted by Gasteiger charge is 1.98. The Labute approximate surface area is 60.2 Å². The maximum atomic E-state index is 9.99. The van der Waals surface area contributed by atoms with E-state index < -0.39 is 0 Å². The Morgan fingerprint density at radius 1 is 1.89 bits per heavy atom. The third kappa shape index (κ3) is 1.38. The van der Waals surface area contributed by atoms with E-state index in [0.717, 1.165) is 5.69 Å². The van der Waals surface area contributed by atoms with Crippen molar-refractivity contribution in [3.05, 3.63) is 17.5 Å². The topological polar surface area (TPSA) is 43.1 Å². The van der Waals surface area contributed by atoms with Crippen molar-refractivity contribution >= 4 is 22.2 Å². The standard InChI is InChI=1S/C5H4BrNO2/c6-2-4-1-5(3-8)9-7-4/h1,3H,2H2. The Balaban J connectivity index is 2.86. The molecule has 0 saturated heterocycles. The number of alkyl halides is 1. The van der Waals surface area contributed by atoms with Gasteiger partial charge < -0.3 is 4.52 Å². The number of carbonyl (C=O) groups excluding carboxylic acids is 1. The first-order valence-corrected chi connectivity index (χ1v) is 3.45. The smallest absolute Gasteiger partial charge is 0.199 e. The van der Waals surface area contributed by atoms with Gasteiger partial charge in [-0.3, -0.25) is 4.79 Å². The Bertz CT molecular complexity index is 208. The van der Waals surface area contributed by atoms with Crippen LogP contribution < -0.4 is 0 Å². The summed E-state index contributed by atoms with van der Waals surface area (Å²) in [5, 5.41) is 4.17. The average Bonchev–Trinajstić information content (AvgIpc) is 2.34. The SMILES string of the molecule is O=Cc1cc(CBr)no1. The molecule has 1 aromatic rings. The largest absolute Gasteiger partial charge is 0.353 e. The van der Waals surface area contributed by atoms with Gasteiger partial charge in [-0.05, 0) is 0 Å². The predicted octanol–water partition coefficient (Wildman–Crippen LogP) is 1.38. The van der Waals surface area contributed by atoms with Gasteiger partial charge in [0, 0.05) is 11.4 Å². The molecule has 0 amide bonds. The molecule has 1 rings (SSSR count). The van der Waals surface area contributed by atoms with E-state index in [9.17, 15) is 4.79 Å². The zero-order chi connectivity index (χ0) is 6.69. The fourth-order valence-corrected chi connectivity index (χ4v) is 0.711. The van der Waals surface area contributed by atoms with Crippen LogP contribution in [0.3, 0.4) is 0 Å². The second-order valence-corrected chi connectivity index (χ2v) is 2.03. The van der Waals surface area contributed by atoms with Crippen molar-refractivity contribution in [2.75, 3.05) is 0 Å². The summed E-state index contributed by atoms with van der Waals surface area (Å²) in [4.78, 5) is 9.99. The molecule has 3 nitrogen and oxygen atoms in total. The molecule has 0 aliphatic heterocycles. The van der Waals surface area contributed by atoms with Crippen molar-refractivity contribution in [2.24, 2.45) is 0 Å². The molecule has 1 heterocycles. The third-order valence-electron chi connectivity index (χ3n) is 0.830. The highest BCUT2D eigenvalue weighted by atomic mass is 79.9. The minimum absolute atomic E-state index is 0.268. The second kappa shape index (κ2) is 2.77. The fraction of sp³-hybridized carbons (Fsp3) is 0.200. The van der Waals surface area contributed by atoms with Crippen LogP contribution in [-0.4, -0.2) is 11.4 Å². The predicted molar refractivity (Wildman–Crippen MR) is 34.5 cm³/mol. The van der Waals surface area contributed by atoms with Crippen molar-refractivity contribution in [1.82, 2.24) is 5.16 Å². The van der Waals surface area contributed by atoms with Gasteiger partial charge in [0.15, 0.2) is 12.0 Å². The van der Waals surface area contributed by atoms with Gasteiger partial charge in [0.05, 0.1) is 5.69 Å². The highest BCUT2D eigenvalue weighted by molar-refractivity contribution is 9.08. The molecule has 0 bridgehead atoms. The van der Waals surface area contributed by atoms with Gasteiger partial charge in [-0.25, -0.2) is 0 Å². The Morgan fingerprint density at radius 3 is 3.00 bits per heavy atom. The molecular weight excluding hydrogens is 186 g/mol. The lowest BCUT2D eigenvalue weighted by atomic mass is 10.4. The number of aromatic nitrogens is 1. The summed E-state index contributed by atoms with van der Waals surface area (Å²) in [6.07, 6.45) is 0.624. The molecule has 0 radical (unpaired) electrons. The number of carbonyl (C=O) groups is 1. The van der Waals surface area contributed by atoms with Crippen LogP contribution in [0.15, 0.2) is 10.6 Å². The monoisotopic (exact) mass is 189 g/mol. The molecule has 48 valence electrons. The van der Waals surface area contributed by atoms with Gasteiger partial charge in [-0.1, -0.05) is 21.1 Å². The third-order valence-corrected chi connectivity index (χ3v) is 1.40. The van der Waals surface area contributed by atoms with E-state index in [0.29, 0.717) is 11.6 Å². The van der Waals surface area contributed by atoms with Crippen molar-refractivity contribution < 1.29 is 9.32 Å². The molecule has 0 saturated carbocycles. The van der Waals surface area contributed by atoms with E-state index in [-0.39, 0.29) is 5.76 Å². The molecule has 0 atom stereocenters. The molecule has 0 aliphatic rings. The summed E-state index contributed by atoms with van der Waals surface area (Å²) in [6, 6.07) is 1.59. The number of hydrogen-bond acceptors (Lipinski definition) is 3. The van der Waals surface area contributed by atoms with E-state index in [1.165, 1.54) is 0 Å². The first kappa shape index (κ1) is 6.48. The van der Waals surface area contributed by atoms with Gasteiger partial charge in [0.25, 0.3) is 0 Å². The van der Waals surface area contributed by atoms with Crippen LogP contribution in [0.5, 0.6) is 0 Å². The van der Waals surface area contributed by atoms with E-state index >= 15 is 0 Å². The molecule has 4 heteroatoms. The van der Waals surface area contributed by atoms with Gasteiger partial charge >= 0.3 is 0 Å². The van der Waals surface area contributed by atoms with Gasteiger partial charge in [0.2, 0.25) is 0 Å². The highest BCUT2D eigenvalue weighted by Crippen LogP contribution is 2.04. The van der Waals surface area contributed by atoms with Gasteiger partial charge in [-0.15, -0.1) is 0 Å². The fourth-order valence-electron chi connectivity index (χ4n) is 0.447. The van der Waals surface area contributed by atoms with Crippen LogP contribution in [0.2, 0.25) is 0 Å². The van der Waals surface area contributed by atoms with Crippen LogP contribution in [0.4, 0.5) is 0 Å². The summed E-state index contributed by atoms with van der Waals surface area (Å²) in [5.41, 5.74) is 0.733. The van der Waals surface area contributed by atoms with E-state index in [1.54, 1.807) is 6.07 Å².